The summed E-state index contributed by atoms with van der Waals surface area (Å²) in [7, 11) is 0. The number of amides is 2. The lowest BCUT2D eigenvalue weighted by Crippen LogP contribution is -2.31. The van der Waals surface area contributed by atoms with E-state index in [9.17, 15) is 19.2 Å². The zero-order valence-electron chi connectivity index (χ0n) is 26.8. The van der Waals surface area contributed by atoms with Gasteiger partial charge in [-0.1, -0.05) is 117 Å². The first-order valence-electron chi connectivity index (χ1n) is 13.7. The highest BCUT2D eigenvalue weighted by Gasteiger charge is 2.23. The Labute approximate surface area is 271 Å². The smallest absolute Gasteiger partial charge is 0.314 e. The van der Waals surface area contributed by atoms with Gasteiger partial charge < -0.3 is 16.4 Å². The number of nitrogen functional groups attached to an aromatic ring is 1. The maximum Gasteiger partial charge on any atom is 0.314 e. The van der Waals surface area contributed by atoms with Gasteiger partial charge in [0.05, 0.1) is 0 Å². The fourth-order valence-electron chi connectivity index (χ4n) is 4.03. The molecule has 0 unspecified atom stereocenters. The van der Waals surface area contributed by atoms with E-state index >= 15 is 0 Å². The number of benzene rings is 3. The summed E-state index contributed by atoms with van der Waals surface area (Å²) in [4.78, 5) is 43.7. The van der Waals surface area contributed by atoms with E-state index in [1.807, 2.05) is 66.7 Å². The standard InChI is InChI=1S/C22H28N2O2.C10H15N.C2Cl2O2.FH.H2/c1-21(2,3)15-11-7-9-13-17(15)23-19(25)20(26)24-18-14-10-8-12-16(18)22(4,5)6;1-10(2,3)8-6-4-5-7-9(8)11;3-1(5)2(4)6;;/h7-14H,1-6H3,(H,23,25)(H,24,26);4-7H,11H2,1-3H3;;2*1H/i;;;;1+2. The van der Waals surface area contributed by atoms with Crippen molar-refractivity contribution in [1.82, 2.24) is 0 Å². The van der Waals surface area contributed by atoms with Crippen molar-refractivity contribution < 1.29 is 25.3 Å². The second-order valence-electron chi connectivity index (χ2n) is 12.9. The Balaban J connectivity index is 0. The van der Waals surface area contributed by atoms with Crippen LogP contribution in [0.3, 0.4) is 0 Å². The highest BCUT2D eigenvalue weighted by Crippen LogP contribution is 2.31. The summed E-state index contributed by atoms with van der Waals surface area (Å²) in [6.45, 7) is 18.9. The van der Waals surface area contributed by atoms with Crippen LogP contribution in [-0.2, 0) is 35.4 Å². The molecule has 4 N–H and O–H groups in total. The van der Waals surface area contributed by atoms with Crippen LogP contribution in [0.1, 0.15) is 80.4 Å². The summed E-state index contributed by atoms with van der Waals surface area (Å²) in [5, 5.41) is 3.20. The number of rotatable bonds is 3. The van der Waals surface area contributed by atoms with Gasteiger partial charge >= 0.3 is 22.3 Å². The normalized spacial score (nSPS) is 10.9. The molecule has 2 amide bonds. The van der Waals surface area contributed by atoms with Crippen molar-refractivity contribution in [2.24, 2.45) is 0 Å². The summed E-state index contributed by atoms with van der Waals surface area (Å²) < 4.78 is 0. The van der Waals surface area contributed by atoms with E-state index in [2.05, 4.69) is 102 Å². The molecule has 0 saturated carbocycles. The Kier molecular flexibility index (Phi) is 15.5. The van der Waals surface area contributed by atoms with Crippen molar-refractivity contribution in [1.29, 1.82) is 0 Å². The predicted octanol–water partition coefficient (Wildman–Crippen LogP) is 8.34. The third-order valence-electron chi connectivity index (χ3n) is 6.10. The van der Waals surface area contributed by atoms with Crippen LogP contribution in [0.5, 0.6) is 0 Å². The van der Waals surface area contributed by atoms with E-state index in [0.717, 1.165) is 16.8 Å². The molecule has 0 aliphatic heterocycles. The number of para-hydroxylation sites is 3. The van der Waals surface area contributed by atoms with Gasteiger partial charge in [-0.25, -0.2) is 0 Å². The number of halogens is 3. The van der Waals surface area contributed by atoms with Gasteiger partial charge in [-0.2, -0.15) is 0 Å². The fraction of sp³-hybridized carbons (Fsp3) is 0.353. The zero-order chi connectivity index (χ0) is 33.2. The SMILES string of the molecule is CC(C)(C)c1ccccc1N.CC(C)(C)c1ccccc1NC(=O)C(=O)Nc1ccccc1C(C)(C)C.F.O=C(Cl)C(=O)Cl.[3HH]. The van der Waals surface area contributed by atoms with Crippen molar-refractivity contribution >= 4 is 62.6 Å². The molecular weight excluding hydrogens is 604 g/mol. The highest BCUT2D eigenvalue weighted by molar-refractivity contribution is 6.97. The van der Waals surface area contributed by atoms with Gasteiger partial charge in [0, 0.05) is 18.5 Å². The number of anilines is 3. The van der Waals surface area contributed by atoms with Crippen LogP contribution in [0.15, 0.2) is 72.8 Å². The van der Waals surface area contributed by atoms with E-state index in [1.54, 1.807) is 0 Å². The Morgan fingerprint density at radius 3 is 1.07 bits per heavy atom. The van der Waals surface area contributed by atoms with Crippen molar-refractivity contribution in [2.75, 3.05) is 16.4 Å². The van der Waals surface area contributed by atoms with Crippen LogP contribution in [-0.4, -0.2) is 22.3 Å². The summed E-state index contributed by atoms with van der Waals surface area (Å²) in [5.41, 5.74) is 11.1. The van der Waals surface area contributed by atoms with Gasteiger partial charge in [0.1, 0.15) is 0 Å². The van der Waals surface area contributed by atoms with Crippen LogP contribution in [0.25, 0.3) is 0 Å². The van der Waals surface area contributed by atoms with Gasteiger partial charge in [-0.3, -0.25) is 23.9 Å². The molecule has 0 bridgehead atoms. The second-order valence-corrected chi connectivity index (χ2v) is 13.6. The predicted molar refractivity (Wildman–Crippen MR) is 183 cm³/mol. The van der Waals surface area contributed by atoms with Crippen LogP contribution in [0, 0.1) is 0 Å². The van der Waals surface area contributed by atoms with Gasteiger partial charge in [0.2, 0.25) is 0 Å². The molecule has 0 spiro atoms. The molecule has 0 radical (unpaired) electrons. The van der Waals surface area contributed by atoms with Gasteiger partial charge in [-0.05, 0) is 74.3 Å². The van der Waals surface area contributed by atoms with E-state index < -0.39 is 22.3 Å². The third kappa shape index (κ3) is 13.3. The first-order valence-corrected chi connectivity index (χ1v) is 14.5. The molecule has 0 heterocycles. The molecule has 3 rings (SSSR count). The Bertz CT molecular complexity index is 1360. The molecule has 0 fully saturated rings. The Hall–Kier alpha value is -3.75. The molecule has 242 valence electrons. The lowest BCUT2D eigenvalue weighted by molar-refractivity contribution is -0.133. The van der Waals surface area contributed by atoms with Gasteiger partial charge in [0.25, 0.3) is 0 Å². The molecule has 7 nitrogen and oxygen atoms in total. The number of carbonyl (C=O) groups excluding carboxylic acids is 4. The fourth-order valence-corrected chi connectivity index (χ4v) is 4.03. The average molecular weight is 653 g/mol. The average Bonchev–Trinajstić information content (AvgIpc) is 2.88. The number of nitrogens with two attached hydrogens (primary N) is 1. The van der Waals surface area contributed by atoms with E-state index in [0.29, 0.717) is 11.4 Å². The monoisotopic (exact) mass is 651 g/mol. The summed E-state index contributed by atoms with van der Waals surface area (Å²) in [6, 6.07) is 23.1. The quantitative estimate of drug-likeness (QED) is 0.149. The van der Waals surface area contributed by atoms with E-state index in [4.69, 9.17) is 5.73 Å². The first kappa shape index (κ1) is 40.2. The van der Waals surface area contributed by atoms with Crippen molar-refractivity contribution in [3.63, 3.8) is 0 Å². The largest absolute Gasteiger partial charge is 0.398 e. The van der Waals surface area contributed by atoms with Crippen molar-refractivity contribution in [2.45, 2.75) is 78.6 Å². The molecule has 3 aromatic rings. The zero-order valence-corrected chi connectivity index (χ0v) is 28.3. The third-order valence-corrected chi connectivity index (χ3v) is 6.54. The molecule has 0 aliphatic carbocycles. The molecule has 44 heavy (non-hydrogen) atoms. The van der Waals surface area contributed by atoms with Crippen LogP contribution in [0.4, 0.5) is 21.8 Å². The lowest BCUT2D eigenvalue weighted by Gasteiger charge is -2.24. The molecule has 0 saturated heterocycles. The van der Waals surface area contributed by atoms with Gasteiger partial charge in [0.15, 0.2) is 0 Å². The first-order chi connectivity index (χ1) is 19.7. The molecule has 0 aromatic heterocycles. The molecular formula is C34H46Cl2FN3O4. The Morgan fingerprint density at radius 1 is 0.545 bits per heavy atom. The number of hydrogen-bond acceptors (Lipinski definition) is 5. The highest BCUT2D eigenvalue weighted by atomic mass is 35.5. The van der Waals surface area contributed by atoms with Crippen molar-refractivity contribution in [3.05, 3.63) is 89.5 Å². The summed E-state index contributed by atoms with van der Waals surface area (Å²) >= 11 is 8.98. The van der Waals surface area contributed by atoms with Crippen LogP contribution >= 0.6 is 23.2 Å². The van der Waals surface area contributed by atoms with Gasteiger partial charge in [-0.15, -0.1) is 0 Å². The van der Waals surface area contributed by atoms with E-state index in [-0.39, 0.29) is 22.4 Å². The number of carbonyl (C=O) groups is 4. The maximum atomic E-state index is 12.4. The Morgan fingerprint density at radius 2 is 0.818 bits per heavy atom. The minimum absolute atomic E-state index is 0. The second kappa shape index (κ2) is 16.9. The number of nitrogens with one attached hydrogen (secondary N) is 2. The number of hydrogen-bond donors (Lipinski definition) is 3. The van der Waals surface area contributed by atoms with Crippen LogP contribution in [0.2, 0.25) is 0 Å². The minimum Gasteiger partial charge on any atom is -0.398 e. The molecule has 3 aromatic carbocycles. The maximum absolute atomic E-state index is 12.4. The summed E-state index contributed by atoms with van der Waals surface area (Å²) in [6.07, 6.45) is 0. The minimum atomic E-state index is -1.14. The molecule has 10 heteroatoms. The molecule has 0 atom stereocenters. The van der Waals surface area contributed by atoms with E-state index in [1.165, 1.54) is 5.56 Å². The van der Waals surface area contributed by atoms with Crippen molar-refractivity contribution in [3.8, 4) is 0 Å². The summed E-state index contributed by atoms with van der Waals surface area (Å²) in [5.74, 6) is -1.35. The molecule has 0 aliphatic rings. The topological polar surface area (TPSA) is 118 Å². The van der Waals surface area contributed by atoms with Crippen LogP contribution < -0.4 is 16.4 Å². The lowest BCUT2D eigenvalue weighted by atomic mass is 9.85.